The Morgan fingerprint density at radius 3 is 2.29 bits per heavy atom. The number of nitrogens with two attached hydrogens (primary N) is 1. The van der Waals surface area contributed by atoms with Crippen LogP contribution in [-0.2, 0) is 0 Å². The van der Waals surface area contributed by atoms with Crippen LogP contribution in [0.1, 0.15) is 38.3 Å². The van der Waals surface area contributed by atoms with E-state index in [-0.39, 0.29) is 11.6 Å². The Labute approximate surface area is 116 Å². The van der Waals surface area contributed by atoms with Gasteiger partial charge in [0.05, 0.1) is 6.04 Å². The van der Waals surface area contributed by atoms with E-state index in [4.69, 9.17) is 5.84 Å². The molecule has 1 unspecified atom stereocenters. The molecule has 5 heteroatoms. The number of hydrogen-bond acceptors (Lipinski definition) is 4. The third-order valence-electron chi connectivity index (χ3n) is 3.77. The number of hydrogen-bond donors (Lipinski definition) is 2. The molecule has 0 aliphatic rings. The summed E-state index contributed by atoms with van der Waals surface area (Å²) in [5.74, 6) is 5.82. The van der Waals surface area contributed by atoms with Crippen LogP contribution in [0.15, 0.2) is 15.2 Å². The summed E-state index contributed by atoms with van der Waals surface area (Å²) in [5, 5.41) is 4.27. The molecule has 17 heavy (non-hydrogen) atoms. The van der Waals surface area contributed by atoms with Crippen molar-refractivity contribution in [2.45, 2.75) is 38.3 Å². The lowest BCUT2D eigenvalue weighted by molar-refractivity contribution is 0.0881. The second-order valence-corrected chi connectivity index (χ2v) is 6.08. The monoisotopic (exact) mass is 319 g/mol. The molecular formula is C12H22BrN3S. The lowest BCUT2D eigenvalue weighted by atomic mass is 9.81. The maximum atomic E-state index is 5.82. The van der Waals surface area contributed by atoms with E-state index in [1.54, 1.807) is 11.3 Å². The van der Waals surface area contributed by atoms with Crippen LogP contribution in [0.2, 0.25) is 0 Å². The van der Waals surface area contributed by atoms with Crippen LogP contribution in [-0.4, -0.2) is 24.5 Å². The predicted molar refractivity (Wildman–Crippen MR) is 79.1 cm³/mol. The van der Waals surface area contributed by atoms with E-state index in [1.165, 1.54) is 5.56 Å². The first-order chi connectivity index (χ1) is 8.03. The summed E-state index contributed by atoms with van der Waals surface area (Å²) < 4.78 is 1.14. The Morgan fingerprint density at radius 2 is 2.00 bits per heavy atom. The van der Waals surface area contributed by atoms with Gasteiger partial charge in [0.25, 0.3) is 0 Å². The van der Waals surface area contributed by atoms with Crippen LogP contribution in [0, 0.1) is 0 Å². The van der Waals surface area contributed by atoms with E-state index in [9.17, 15) is 0 Å². The summed E-state index contributed by atoms with van der Waals surface area (Å²) >= 11 is 5.30. The molecule has 0 spiro atoms. The first-order valence-corrected chi connectivity index (χ1v) is 7.62. The molecule has 0 saturated heterocycles. The van der Waals surface area contributed by atoms with Crippen molar-refractivity contribution in [3.05, 3.63) is 20.8 Å². The molecule has 1 aromatic heterocycles. The Morgan fingerprint density at radius 1 is 1.41 bits per heavy atom. The van der Waals surface area contributed by atoms with Crippen LogP contribution in [0.3, 0.4) is 0 Å². The zero-order chi connectivity index (χ0) is 13.1. The van der Waals surface area contributed by atoms with Crippen molar-refractivity contribution in [3.63, 3.8) is 0 Å². The minimum absolute atomic E-state index is 0.0400. The van der Waals surface area contributed by atoms with Crippen molar-refractivity contribution in [1.29, 1.82) is 0 Å². The molecule has 0 aliphatic carbocycles. The van der Waals surface area contributed by atoms with Crippen molar-refractivity contribution in [1.82, 2.24) is 10.3 Å². The average Bonchev–Trinajstić information content (AvgIpc) is 2.72. The molecule has 0 aromatic carbocycles. The van der Waals surface area contributed by atoms with Crippen molar-refractivity contribution < 1.29 is 0 Å². The Balaban J connectivity index is 3.19. The third-order valence-corrected chi connectivity index (χ3v) is 5.52. The van der Waals surface area contributed by atoms with Crippen molar-refractivity contribution in [3.8, 4) is 0 Å². The Kier molecular flexibility index (Phi) is 5.60. The van der Waals surface area contributed by atoms with Gasteiger partial charge in [0, 0.05) is 15.4 Å². The summed E-state index contributed by atoms with van der Waals surface area (Å²) in [7, 11) is 4.25. The van der Waals surface area contributed by atoms with Gasteiger partial charge in [-0.25, -0.2) is 0 Å². The van der Waals surface area contributed by atoms with Gasteiger partial charge >= 0.3 is 0 Å². The smallest absolute Gasteiger partial charge is 0.0662 e. The minimum Gasteiger partial charge on any atom is -0.302 e. The highest BCUT2D eigenvalue weighted by Gasteiger charge is 2.39. The molecule has 3 N–H and O–H groups in total. The van der Waals surface area contributed by atoms with Gasteiger partial charge in [-0.05, 0) is 53.8 Å². The molecule has 0 bridgehead atoms. The van der Waals surface area contributed by atoms with Crippen LogP contribution in [0.25, 0.3) is 0 Å². The molecule has 1 aromatic rings. The number of halogens is 1. The van der Waals surface area contributed by atoms with E-state index in [0.29, 0.717) is 0 Å². The lowest BCUT2D eigenvalue weighted by Gasteiger charge is -2.45. The van der Waals surface area contributed by atoms with Gasteiger partial charge in [0.15, 0.2) is 0 Å². The number of rotatable bonds is 6. The molecule has 0 aliphatic heterocycles. The molecule has 98 valence electrons. The standard InChI is InChI=1S/C12H22BrN3S/c1-5-12(6-2,16(3)4)11(15-14)9-7-17-8-10(9)13/h7-8,11,15H,5-6,14H2,1-4H3. The highest BCUT2D eigenvalue weighted by Crippen LogP contribution is 2.39. The van der Waals surface area contributed by atoms with Gasteiger partial charge in [0.2, 0.25) is 0 Å². The van der Waals surface area contributed by atoms with E-state index in [2.05, 4.69) is 65.0 Å². The van der Waals surface area contributed by atoms with Gasteiger partial charge in [-0.15, -0.1) is 0 Å². The fourth-order valence-electron chi connectivity index (χ4n) is 2.58. The summed E-state index contributed by atoms with van der Waals surface area (Å²) in [6, 6.07) is 0.133. The number of likely N-dealkylation sites (N-methyl/N-ethyl adjacent to an activating group) is 1. The fourth-order valence-corrected chi connectivity index (χ4v) is 4.13. The molecule has 0 radical (unpaired) electrons. The predicted octanol–water partition coefficient (Wildman–Crippen LogP) is 3.14. The molecule has 1 atom stereocenters. The van der Waals surface area contributed by atoms with Gasteiger partial charge in [-0.3, -0.25) is 11.3 Å². The number of thiophene rings is 1. The Hall–Kier alpha value is 0.0600. The summed E-state index contributed by atoms with van der Waals surface area (Å²) in [5.41, 5.74) is 4.29. The van der Waals surface area contributed by atoms with Crippen LogP contribution < -0.4 is 11.3 Å². The normalized spacial score (nSPS) is 14.3. The van der Waals surface area contributed by atoms with Crippen molar-refractivity contribution in [2.75, 3.05) is 14.1 Å². The van der Waals surface area contributed by atoms with Gasteiger partial charge in [0.1, 0.15) is 0 Å². The highest BCUT2D eigenvalue weighted by molar-refractivity contribution is 9.10. The maximum absolute atomic E-state index is 5.82. The zero-order valence-corrected chi connectivity index (χ0v) is 13.4. The molecule has 3 nitrogen and oxygen atoms in total. The summed E-state index contributed by atoms with van der Waals surface area (Å²) in [4.78, 5) is 2.28. The fraction of sp³-hybridized carbons (Fsp3) is 0.667. The van der Waals surface area contributed by atoms with E-state index in [0.717, 1.165) is 17.3 Å². The number of nitrogens with zero attached hydrogens (tertiary/aromatic N) is 1. The third kappa shape index (κ3) is 2.74. The first-order valence-electron chi connectivity index (χ1n) is 5.88. The Bertz CT molecular complexity index is 347. The van der Waals surface area contributed by atoms with Gasteiger partial charge in [-0.1, -0.05) is 13.8 Å². The molecular weight excluding hydrogens is 298 g/mol. The van der Waals surface area contributed by atoms with E-state index in [1.807, 2.05) is 0 Å². The molecule has 0 fully saturated rings. The molecule has 1 heterocycles. The number of hydrazine groups is 1. The topological polar surface area (TPSA) is 41.3 Å². The molecule has 1 rings (SSSR count). The van der Waals surface area contributed by atoms with Crippen molar-refractivity contribution >= 4 is 27.3 Å². The largest absolute Gasteiger partial charge is 0.302 e. The van der Waals surface area contributed by atoms with Crippen LogP contribution in [0.4, 0.5) is 0 Å². The quantitative estimate of drug-likeness (QED) is 0.625. The van der Waals surface area contributed by atoms with Crippen molar-refractivity contribution in [2.24, 2.45) is 5.84 Å². The van der Waals surface area contributed by atoms with Crippen LogP contribution in [0.5, 0.6) is 0 Å². The van der Waals surface area contributed by atoms with Gasteiger partial charge in [-0.2, -0.15) is 11.3 Å². The average molecular weight is 320 g/mol. The summed E-state index contributed by atoms with van der Waals surface area (Å²) in [6.07, 6.45) is 2.10. The molecule has 0 amide bonds. The first kappa shape index (κ1) is 15.1. The summed E-state index contributed by atoms with van der Waals surface area (Å²) in [6.45, 7) is 4.43. The van der Waals surface area contributed by atoms with Crippen LogP contribution >= 0.6 is 27.3 Å². The maximum Gasteiger partial charge on any atom is 0.0662 e. The highest BCUT2D eigenvalue weighted by atomic mass is 79.9. The van der Waals surface area contributed by atoms with E-state index < -0.39 is 0 Å². The van der Waals surface area contributed by atoms with Gasteiger partial charge < -0.3 is 4.90 Å². The second-order valence-electron chi connectivity index (χ2n) is 4.48. The lowest BCUT2D eigenvalue weighted by Crippen LogP contribution is -2.54. The zero-order valence-electron chi connectivity index (χ0n) is 11.0. The SMILES string of the molecule is CCC(CC)(C(NN)c1cscc1Br)N(C)C. The van der Waals surface area contributed by atoms with E-state index >= 15 is 0 Å². The minimum atomic E-state index is 0.0400. The number of nitrogens with one attached hydrogen (secondary N) is 1. The second kappa shape index (κ2) is 6.29. The molecule has 0 saturated carbocycles.